The largest absolute Gasteiger partial charge is 0.463 e. The van der Waals surface area contributed by atoms with Crippen LogP contribution in [-0.4, -0.2) is 36.4 Å². The van der Waals surface area contributed by atoms with Gasteiger partial charge in [-0.05, 0) is 39.3 Å². The molecule has 0 aliphatic carbocycles. The number of fused-ring (bicyclic) bond motifs is 1. The maximum Gasteiger partial charge on any atom is 0.319 e. The number of carbonyl (C=O) groups is 1. The van der Waals surface area contributed by atoms with Gasteiger partial charge in [0.05, 0.1) is 17.9 Å². The van der Waals surface area contributed by atoms with E-state index in [1.165, 1.54) is 0 Å². The number of hydrogen-bond acceptors (Lipinski definition) is 6. The Bertz CT molecular complexity index is 687. The summed E-state index contributed by atoms with van der Waals surface area (Å²) in [5, 5.41) is 20.3. The average molecular weight is 349 g/mol. The number of rotatable bonds is 7. The highest BCUT2D eigenvalue weighted by atomic mass is 31.0. The van der Waals surface area contributed by atoms with Gasteiger partial charge >= 0.3 is 5.71 Å². The first kappa shape index (κ1) is 18.2. The van der Waals surface area contributed by atoms with Gasteiger partial charge in [-0.3, -0.25) is 10.1 Å². The highest BCUT2D eigenvalue weighted by Gasteiger charge is 2.24. The van der Waals surface area contributed by atoms with E-state index in [1.54, 1.807) is 13.0 Å². The molecule has 7 nitrogen and oxygen atoms in total. The van der Waals surface area contributed by atoms with Crippen molar-refractivity contribution in [1.29, 1.82) is 5.26 Å². The molecule has 0 fully saturated rings. The standard InChI is InChI=1S/C16H20N3O4P/c1-11(19(21)22)7-12-8-13-3-5-18(4-2-6-23-16(20)24)15(13)14(9-12)10-17/h8-9,11H,2-7,24H2,1H3. The Morgan fingerprint density at radius 2 is 2.33 bits per heavy atom. The molecule has 0 spiro atoms. The van der Waals surface area contributed by atoms with Crippen LogP contribution in [0, 0.1) is 21.4 Å². The first-order chi connectivity index (χ1) is 11.4. The number of carbonyl (C=O) groups excluding carboxylic acids is 1. The molecule has 2 rings (SSSR count). The molecule has 0 radical (unpaired) electrons. The molecule has 2 unspecified atom stereocenters. The lowest BCUT2D eigenvalue weighted by molar-refractivity contribution is -0.517. The molecule has 1 aliphatic rings. The first-order valence-corrected chi connectivity index (χ1v) is 8.36. The number of benzene rings is 1. The van der Waals surface area contributed by atoms with Crippen LogP contribution < -0.4 is 4.90 Å². The van der Waals surface area contributed by atoms with Gasteiger partial charge in [-0.2, -0.15) is 5.26 Å². The van der Waals surface area contributed by atoms with Gasteiger partial charge in [-0.15, -0.1) is 0 Å². The Morgan fingerprint density at radius 1 is 1.58 bits per heavy atom. The van der Waals surface area contributed by atoms with Gasteiger partial charge < -0.3 is 9.64 Å². The fourth-order valence-corrected chi connectivity index (χ4v) is 3.08. The van der Waals surface area contributed by atoms with Crippen LogP contribution in [0.25, 0.3) is 0 Å². The number of nitriles is 1. The Balaban J connectivity index is 2.11. The van der Waals surface area contributed by atoms with Crippen molar-refractivity contribution in [2.24, 2.45) is 0 Å². The van der Waals surface area contributed by atoms with E-state index in [-0.39, 0.29) is 10.6 Å². The number of hydrogen-bond donors (Lipinski definition) is 0. The predicted octanol–water partition coefficient (Wildman–Crippen LogP) is 2.53. The van der Waals surface area contributed by atoms with E-state index < -0.39 is 6.04 Å². The minimum Gasteiger partial charge on any atom is -0.463 e. The summed E-state index contributed by atoms with van der Waals surface area (Å²) in [6.07, 6.45) is 1.82. The van der Waals surface area contributed by atoms with Crippen LogP contribution in [0.15, 0.2) is 12.1 Å². The summed E-state index contributed by atoms with van der Waals surface area (Å²) in [6, 6.07) is 5.26. The van der Waals surface area contributed by atoms with E-state index in [0.29, 0.717) is 31.6 Å². The van der Waals surface area contributed by atoms with E-state index in [0.717, 1.165) is 29.8 Å². The van der Waals surface area contributed by atoms with E-state index >= 15 is 0 Å². The van der Waals surface area contributed by atoms with Crippen LogP contribution in [0.1, 0.15) is 30.0 Å². The van der Waals surface area contributed by atoms with Crippen LogP contribution in [-0.2, 0) is 17.6 Å². The fraction of sp³-hybridized carbons (Fsp3) is 0.500. The minimum absolute atomic E-state index is 0.307. The predicted molar refractivity (Wildman–Crippen MR) is 92.9 cm³/mol. The second kappa shape index (κ2) is 8.07. The van der Waals surface area contributed by atoms with Crippen molar-refractivity contribution in [2.45, 2.75) is 32.2 Å². The van der Waals surface area contributed by atoms with Crippen LogP contribution in [0.5, 0.6) is 0 Å². The average Bonchev–Trinajstić information content (AvgIpc) is 2.93. The highest BCUT2D eigenvalue weighted by molar-refractivity contribution is 7.39. The molecule has 0 amide bonds. The molecule has 0 saturated carbocycles. The van der Waals surface area contributed by atoms with E-state index in [2.05, 4.69) is 11.0 Å². The monoisotopic (exact) mass is 349 g/mol. The second-order valence-electron chi connectivity index (χ2n) is 5.86. The van der Waals surface area contributed by atoms with Gasteiger partial charge in [0.2, 0.25) is 6.04 Å². The summed E-state index contributed by atoms with van der Waals surface area (Å²) in [5.41, 5.74) is 2.97. The Hall–Kier alpha value is -2.19. The summed E-state index contributed by atoms with van der Waals surface area (Å²) in [6.45, 7) is 3.41. The Morgan fingerprint density at radius 3 is 2.96 bits per heavy atom. The third-order valence-electron chi connectivity index (χ3n) is 4.04. The Labute approximate surface area is 142 Å². The minimum atomic E-state index is -0.673. The molecule has 0 saturated heterocycles. The van der Waals surface area contributed by atoms with Crippen LogP contribution in [0.2, 0.25) is 0 Å². The van der Waals surface area contributed by atoms with Gasteiger partial charge in [0.25, 0.3) is 0 Å². The topological polar surface area (TPSA) is 96.5 Å². The number of ether oxygens (including phenoxy) is 1. The molecule has 1 aromatic carbocycles. The molecule has 0 bridgehead atoms. The second-order valence-corrected chi connectivity index (χ2v) is 6.33. The quantitative estimate of drug-likeness (QED) is 0.325. The van der Waals surface area contributed by atoms with Crippen molar-refractivity contribution in [3.63, 3.8) is 0 Å². The number of nitro groups is 1. The third kappa shape index (κ3) is 4.42. The van der Waals surface area contributed by atoms with E-state index in [9.17, 15) is 20.2 Å². The lowest BCUT2D eigenvalue weighted by Crippen LogP contribution is -2.23. The summed E-state index contributed by atoms with van der Waals surface area (Å²) >= 11 is 0. The molecular formula is C16H20N3O4P. The van der Waals surface area contributed by atoms with Crippen molar-refractivity contribution >= 4 is 20.6 Å². The fourth-order valence-electron chi connectivity index (χ4n) is 2.96. The van der Waals surface area contributed by atoms with E-state index in [1.807, 2.05) is 15.3 Å². The molecule has 8 heteroatoms. The third-order valence-corrected chi connectivity index (χ3v) is 4.21. The summed E-state index contributed by atoms with van der Waals surface area (Å²) in [4.78, 5) is 23.4. The van der Waals surface area contributed by atoms with Gasteiger partial charge in [-0.25, -0.2) is 4.79 Å². The molecule has 1 aromatic rings. The summed E-state index contributed by atoms with van der Waals surface area (Å²) < 4.78 is 4.90. The molecule has 2 atom stereocenters. The SMILES string of the molecule is CC(Cc1cc(C#N)c2c(c1)CCN2CCCOC(=O)P)[N+](=O)[O-]. The van der Waals surface area contributed by atoms with Crippen molar-refractivity contribution in [2.75, 3.05) is 24.6 Å². The normalized spacial score (nSPS) is 14.0. The van der Waals surface area contributed by atoms with Crippen LogP contribution >= 0.6 is 9.24 Å². The van der Waals surface area contributed by atoms with E-state index in [4.69, 9.17) is 4.74 Å². The molecular weight excluding hydrogens is 329 g/mol. The van der Waals surface area contributed by atoms with Crippen molar-refractivity contribution < 1.29 is 14.5 Å². The lowest BCUT2D eigenvalue weighted by Gasteiger charge is -2.20. The molecule has 1 aliphatic heterocycles. The summed E-state index contributed by atoms with van der Waals surface area (Å²) in [7, 11) is 1.97. The summed E-state index contributed by atoms with van der Waals surface area (Å²) in [5.74, 6) is 0. The van der Waals surface area contributed by atoms with Gasteiger partial charge in [-0.1, -0.05) is 6.07 Å². The maximum absolute atomic E-state index is 10.8. The van der Waals surface area contributed by atoms with Crippen LogP contribution in [0.4, 0.5) is 10.5 Å². The molecule has 128 valence electrons. The maximum atomic E-state index is 10.8. The lowest BCUT2D eigenvalue weighted by atomic mass is 9.99. The Kier molecular flexibility index (Phi) is 6.10. The molecule has 0 aromatic heterocycles. The highest BCUT2D eigenvalue weighted by Crippen LogP contribution is 2.33. The smallest absolute Gasteiger partial charge is 0.319 e. The number of anilines is 1. The zero-order valence-corrected chi connectivity index (χ0v) is 14.7. The number of nitrogens with zero attached hydrogens (tertiary/aromatic N) is 3. The van der Waals surface area contributed by atoms with Crippen molar-refractivity contribution in [3.05, 3.63) is 38.9 Å². The van der Waals surface area contributed by atoms with Gasteiger partial charge in [0, 0.05) is 31.4 Å². The van der Waals surface area contributed by atoms with Crippen LogP contribution in [0.3, 0.4) is 0 Å². The van der Waals surface area contributed by atoms with Crippen molar-refractivity contribution in [3.8, 4) is 6.07 Å². The molecule has 24 heavy (non-hydrogen) atoms. The van der Waals surface area contributed by atoms with Gasteiger partial charge in [0.15, 0.2) is 0 Å². The zero-order valence-electron chi connectivity index (χ0n) is 13.5. The molecule has 1 heterocycles. The molecule has 0 N–H and O–H groups in total. The van der Waals surface area contributed by atoms with Gasteiger partial charge in [0.1, 0.15) is 6.07 Å². The first-order valence-electron chi connectivity index (χ1n) is 7.79. The van der Waals surface area contributed by atoms with Crippen molar-refractivity contribution in [1.82, 2.24) is 0 Å². The zero-order chi connectivity index (χ0) is 17.7.